The van der Waals surface area contributed by atoms with E-state index in [0.717, 1.165) is 0 Å². The highest BCUT2D eigenvalue weighted by atomic mass is 32.1. The second-order valence-electron chi connectivity index (χ2n) is 5.50. The first-order valence-electron chi connectivity index (χ1n) is 7.96. The number of carbonyl (C=O) groups is 1. The van der Waals surface area contributed by atoms with Gasteiger partial charge in [0.25, 0.3) is 5.56 Å². The van der Waals surface area contributed by atoms with Crippen molar-refractivity contribution < 1.29 is 14.6 Å². The summed E-state index contributed by atoms with van der Waals surface area (Å²) in [6, 6.07) is 5.27. The van der Waals surface area contributed by atoms with Crippen molar-refractivity contribution in [1.82, 2.24) is 24.9 Å². The van der Waals surface area contributed by atoms with Crippen LogP contribution in [0.3, 0.4) is 0 Å². The summed E-state index contributed by atoms with van der Waals surface area (Å²) in [5.41, 5.74) is 1.58. The van der Waals surface area contributed by atoms with Crippen molar-refractivity contribution in [2.45, 2.75) is 6.92 Å². The number of rotatable bonds is 5. The number of nitrogens with zero attached hydrogens (tertiary/aromatic N) is 3. The summed E-state index contributed by atoms with van der Waals surface area (Å²) >= 11 is 1.23. The minimum atomic E-state index is -1.08. The van der Waals surface area contributed by atoms with E-state index < -0.39 is 5.97 Å². The van der Waals surface area contributed by atoms with Gasteiger partial charge in [-0.3, -0.25) is 4.79 Å². The first-order valence-corrected chi connectivity index (χ1v) is 8.84. The second-order valence-corrected chi connectivity index (χ2v) is 6.36. The fourth-order valence-electron chi connectivity index (χ4n) is 2.60. The maximum absolute atomic E-state index is 12.2. The number of benzene rings is 1. The molecular formula is C17H13N5O4S. The van der Waals surface area contributed by atoms with Gasteiger partial charge in [-0.1, -0.05) is 6.07 Å². The summed E-state index contributed by atoms with van der Waals surface area (Å²) in [4.78, 5) is 41.2. The van der Waals surface area contributed by atoms with Crippen LogP contribution in [0.25, 0.3) is 33.1 Å². The highest BCUT2D eigenvalue weighted by Gasteiger charge is 2.16. The van der Waals surface area contributed by atoms with Gasteiger partial charge in [0.1, 0.15) is 16.6 Å². The van der Waals surface area contributed by atoms with E-state index >= 15 is 0 Å². The highest BCUT2D eigenvalue weighted by Crippen LogP contribution is 2.34. The molecule has 0 saturated heterocycles. The third kappa shape index (κ3) is 3.06. The number of aromatic nitrogens is 5. The fraction of sp³-hybridized carbons (Fsp3) is 0.118. The molecule has 3 heterocycles. The number of ether oxygens (including phenoxy) is 1. The van der Waals surface area contributed by atoms with Crippen LogP contribution in [0, 0.1) is 0 Å². The second kappa shape index (κ2) is 6.65. The molecule has 3 N–H and O–H groups in total. The van der Waals surface area contributed by atoms with Crippen LogP contribution in [0.5, 0.6) is 5.75 Å². The van der Waals surface area contributed by atoms with E-state index in [2.05, 4.69) is 24.9 Å². The molecule has 9 nitrogen and oxygen atoms in total. The number of hydrogen-bond acceptors (Lipinski definition) is 7. The Labute approximate surface area is 155 Å². The van der Waals surface area contributed by atoms with Crippen LogP contribution in [0.15, 0.2) is 34.7 Å². The van der Waals surface area contributed by atoms with Crippen LogP contribution in [0.1, 0.15) is 17.4 Å². The first kappa shape index (κ1) is 16.9. The molecule has 136 valence electrons. The van der Waals surface area contributed by atoms with Crippen LogP contribution in [0.4, 0.5) is 0 Å². The number of carboxylic acids is 1. The Bertz CT molecular complexity index is 1210. The van der Waals surface area contributed by atoms with Gasteiger partial charge >= 0.3 is 5.97 Å². The maximum atomic E-state index is 12.2. The lowest BCUT2D eigenvalue weighted by atomic mass is 10.1. The Morgan fingerprint density at radius 1 is 1.33 bits per heavy atom. The summed E-state index contributed by atoms with van der Waals surface area (Å²) < 4.78 is 5.71. The Kier molecular flexibility index (Phi) is 4.16. The number of fused-ring (bicyclic) bond motifs is 1. The predicted molar refractivity (Wildman–Crippen MR) is 99.2 cm³/mol. The van der Waals surface area contributed by atoms with Crippen molar-refractivity contribution in [3.05, 3.63) is 46.0 Å². The number of H-pyrrole nitrogens is 2. The summed E-state index contributed by atoms with van der Waals surface area (Å²) in [5, 5.41) is 11.1. The average molecular weight is 383 g/mol. The largest absolute Gasteiger partial charge is 0.493 e. The maximum Gasteiger partial charge on any atom is 0.355 e. The molecule has 0 aliphatic carbocycles. The van der Waals surface area contributed by atoms with E-state index in [1.54, 1.807) is 18.2 Å². The van der Waals surface area contributed by atoms with Crippen LogP contribution in [-0.2, 0) is 0 Å². The van der Waals surface area contributed by atoms with E-state index in [9.17, 15) is 9.59 Å². The number of aromatic amines is 2. The van der Waals surface area contributed by atoms with Crippen LogP contribution >= 0.6 is 11.3 Å². The molecule has 3 aromatic heterocycles. The Morgan fingerprint density at radius 3 is 2.93 bits per heavy atom. The topological polar surface area (TPSA) is 134 Å². The van der Waals surface area contributed by atoms with E-state index in [-0.39, 0.29) is 11.3 Å². The van der Waals surface area contributed by atoms with Crippen LogP contribution < -0.4 is 10.3 Å². The smallest absolute Gasteiger partial charge is 0.355 e. The standard InChI is InChI=1S/C17H13N5O4S/c1-2-26-11-5-8(16-20-10(6-27-16)17(24)25)3-4-9(11)13-21-14-12(15(23)22-13)18-7-19-14/h3-7H,2H2,1H3,(H,24,25)(H2,18,19,21,22,23). The van der Waals surface area contributed by atoms with Gasteiger partial charge in [-0.25, -0.2) is 19.7 Å². The summed E-state index contributed by atoms with van der Waals surface area (Å²) in [6.45, 7) is 2.25. The van der Waals surface area contributed by atoms with Gasteiger partial charge < -0.3 is 19.8 Å². The molecule has 1 aromatic carbocycles. The number of thiazole rings is 1. The van der Waals surface area contributed by atoms with Crippen molar-refractivity contribution in [3.63, 3.8) is 0 Å². The van der Waals surface area contributed by atoms with E-state index in [1.807, 2.05) is 6.92 Å². The molecule has 0 saturated carbocycles. The lowest BCUT2D eigenvalue weighted by molar-refractivity contribution is 0.0691. The van der Waals surface area contributed by atoms with Crippen LogP contribution in [-0.4, -0.2) is 42.6 Å². The van der Waals surface area contributed by atoms with Gasteiger partial charge in [-0.05, 0) is 19.1 Å². The normalized spacial score (nSPS) is 11.0. The zero-order valence-corrected chi connectivity index (χ0v) is 14.8. The molecule has 0 spiro atoms. The van der Waals surface area contributed by atoms with Gasteiger partial charge in [0.15, 0.2) is 16.9 Å². The SMILES string of the molecule is CCOc1cc(-c2nc(C(=O)O)cs2)ccc1-c1nc2nc[nH]c2c(=O)[nH]1. The van der Waals surface area contributed by atoms with E-state index in [0.29, 0.717) is 45.5 Å². The molecule has 0 aliphatic heterocycles. The number of imidazole rings is 1. The van der Waals surface area contributed by atoms with Crippen molar-refractivity contribution in [1.29, 1.82) is 0 Å². The third-order valence-corrected chi connectivity index (χ3v) is 4.69. The van der Waals surface area contributed by atoms with Crippen molar-refractivity contribution in [2.75, 3.05) is 6.61 Å². The van der Waals surface area contributed by atoms with Crippen molar-refractivity contribution in [3.8, 4) is 27.7 Å². The minimum Gasteiger partial charge on any atom is -0.493 e. The molecule has 0 amide bonds. The van der Waals surface area contributed by atoms with Gasteiger partial charge in [-0.2, -0.15) is 0 Å². The van der Waals surface area contributed by atoms with Crippen LogP contribution in [0.2, 0.25) is 0 Å². The zero-order chi connectivity index (χ0) is 19.0. The molecule has 0 radical (unpaired) electrons. The molecule has 0 atom stereocenters. The number of hydrogen-bond donors (Lipinski definition) is 3. The molecule has 4 rings (SSSR count). The molecular weight excluding hydrogens is 370 g/mol. The highest BCUT2D eigenvalue weighted by molar-refractivity contribution is 7.13. The third-order valence-electron chi connectivity index (χ3n) is 3.80. The molecule has 27 heavy (non-hydrogen) atoms. The van der Waals surface area contributed by atoms with E-state index in [1.165, 1.54) is 23.0 Å². The molecule has 10 heteroatoms. The van der Waals surface area contributed by atoms with E-state index in [4.69, 9.17) is 9.84 Å². The lowest BCUT2D eigenvalue weighted by Crippen LogP contribution is -2.10. The lowest BCUT2D eigenvalue weighted by Gasteiger charge is -2.11. The zero-order valence-electron chi connectivity index (χ0n) is 14.0. The quantitative estimate of drug-likeness (QED) is 0.482. The molecule has 0 unspecified atom stereocenters. The van der Waals surface area contributed by atoms with Gasteiger partial charge in [0.05, 0.1) is 18.5 Å². The number of carboxylic acid groups (broad SMARTS) is 1. The molecule has 0 aliphatic rings. The number of aromatic carboxylic acids is 1. The minimum absolute atomic E-state index is 0.00739. The van der Waals surface area contributed by atoms with Gasteiger partial charge in [0.2, 0.25) is 0 Å². The first-order chi connectivity index (χ1) is 13.1. The molecule has 4 aromatic rings. The van der Waals surface area contributed by atoms with Crippen molar-refractivity contribution in [2.24, 2.45) is 0 Å². The predicted octanol–water partition coefficient (Wildman–Crippen LogP) is 2.53. The summed E-state index contributed by atoms with van der Waals surface area (Å²) in [7, 11) is 0. The monoisotopic (exact) mass is 383 g/mol. The van der Waals surface area contributed by atoms with Gasteiger partial charge in [-0.15, -0.1) is 11.3 Å². The van der Waals surface area contributed by atoms with Gasteiger partial charge in [0, 0.05) is 10.9 Å². The Morgan fingerprint density at radius 2 is 2.19 bits per heavy atom. The summed E-state index contributed by atoms with van der Waals surface area (Å²) in [5.74, 6) is -0.242. The average Bonchev–Trinajstić information content (AvgIpc) is 3.31. The van der Waals surface area contributed by atoms with Crippen molar-refractivity contribution >= 4 is 28.5 Å². The molecule has 0 fully saturated rings. The molecule has 0 bridgehead atoms. The fourth-order valence-corrected chi connectivity index (χ4v) is 3.39. The number of nitrogens with one attached hydrogen (secondary N) is 2. The summed E-state index contributed by atoms with van der Waals surface area (Å²) in [6.07, 6.45) is 1.41. The Hall–Kier alpha value is -3.53. The Balaban J connectivity index is 1.82.